The number of rotatable bonds is 4. The molecule has 0 radical (unpaired) electrons. The molecule has 0 spiro atoms. The van der Waals surface area contributed by atoms with Gasteiger partial charge < -0.3 is 20.3 Å². The Kier molecular flexibility index (Phi) is 4.92. The van der Waals surface area contributed by atoms with Crippen molar-refractivity contribution in [3.8, 4) is 11.8 Å². The molecule has 3 heterocycles. The topological polar surface area (TPSA) is 90.0 Å². The Bertz CT molecular complexity index is 1200. The lowest BCUT2D eigenvalue weighted by atomic mass is 10.1. The molecule has 0 saturated carbocycles. The van der Waals surface area contributed by atoms with E-state index in [4.69, 9.17) is 0 Å². The summed E-state index contributed by atoms with van der Waals surface area (Å²) < 4.78 is 0. The highest BCUT2D eigenvalue weighted by atomic mass is 32.1. The van der Waals surface area contributed by atoms with Gasteiger partial charge in [0.05, 0.1) is 16.8 Å². The number of benzene rings is 1. The summed E-state index contributed by atoms with van der Waals surface area (Å²) in [5.41, 5.74) is 2.09. The Morgan fingerprint density at radius 1 is 1.21 bits per heavy atom. The van der Waals surface area contributed by atoms with Crippen LogP contribution in [0.15, 0.2) is 48.4 Å². The van der Waals surface area contributed by atoms with Crippen molar-refractivity contribution in [3.05, 3.63) is 58.9 Å². The summed E-state index contributed by atoms with van der Waals surface area (Å²) in [6, 6.07) is 7.79. The predicted octanol–water partition coefficient (Wildman–Crippen LogP) is 3.48. The lowest BCUT2D eigenvalue weighted by Crippen LogP contribution is -2.18. The predicted molar refractivity (Wildman–Crippen MR) is 117 cm³/mol. The first kappa shape index (κ1) is 18.9. The van der Waals surface area contributed by atoms with Crippen LogP contribution in [0, 0.1) is 11.8 Å². The largest absolute Gasteiger partial charge is 0.376 e. The first-order valence-corrected chi connectivity index (χ1v) is 9.84. The highest BCUT2D eigenvalue weighted by molar-refractivity contribution is 7.09. The van der Waals surface area contributed by atoms with Crippen LogP contribution in [0.3, 0.4) is 0 Å². The fraction of sp³-hybridized carbons (Fsp3) is 0.190. The zero-order valence-corrected chi connectivity index (χ0v) is 17.1. The quantitative estimate of drug-likeness (QED) is 0.451. The van der Waals surface area contributed by atoms with Crippen molar-refractivity contribution in [2.45, 2.75) is 12.5 Å². The number of thiazole rings is 1. The number of aromatic nitrogens is 4. The van der Waals surface area contributed by atoms with Gasteiger partial charge in [0.2, 0.25) is 0 Å². The number of hydrogen-bond acceptors (Lipinski definition) is 7. The highest BCUT2D eigenvalue weighted by Gasteiger charge is 2.22. The van der Waals surface area contributed by atoms with Crippen LogP contribution in [-0.2, 0) is 5.60 Å². The van der Waals surface area contributed by atoms with Gasteiger partial charge in [0.25, 0.3) is 0 Å². The van der Waals surface area contributed by atoms with Gasteiger partial charge in [-0.25, -0.2) is 15.0 Å². The Labute approximate surface area is 172 Å². The summed E-state index contributed by atoms with van der Waals surface area (Å²) in [6.07, 6.45) is 5.01. The van der Waals surface area contributed by atoms with Crippen LogP contribution in [-0.4, -0.2) is 39.1 Å². The molecule has 1 atom stereocenters. The zero-order chi connectivity index (χ0) is 20.4. The molecule has 8 heteroatoms. The van der Waals surface area contributed by atoms with E-state index in [0.717, 1.165) is 28.0 Å². The molecule has 0 aliphatic heterocycles. The van der Waals surface area contributed by atoms with E-state index < -0.39 is 5.60 Å². The normalized spacial score (nSPS) is 12.8. The number of H-pyrrole nitrogens is 1. The van der Waals surface area contributed by atoms with E-state index in [9.17, 15) is 5.11 Å². The second-order valence-electron chi connectivity index (χ2n) is 6.87. The van der Waals surface area contributed by atoms with Gasteiger partial charge in [-0.05, 0) is 31.2 Å². The summed E-state index contributed by atoms with van der Waals surface area (Å²) in [7, 11) is 3.95. The molecule has 29 heavy (non-hydrogen) atoms. The lowest BCUT2D eigenvalue weighted by molar-refractivity contribution is 0.122. The maximum Gasteiger partial charge on any atom is 0.174 e. The maximum atomic E-state index is 10.6. The SMILES string of the molecule is CN(C)c1ccc(C#CC(C)(O)c2nccs2)cc1Nc1ncnc2[nH]ccc12. The van der Waals surface area contributed by atoms with Crippen molar-refractivity contribution in [2.75, 3.05) is 24.3 Å². The van der Waals surface area contributed by atoms with E-state index in [1.165, 1.54) is 17.7 Å². The van der Waals surface area contributed by atoms with Gasteiger partial charge >= 0.3 is 0 Å². The third-order valence-corrected chi connectivity index (χ3v) is 5.37. The van der Waals surface area contributed by atoms with Crippen molar-refractivity contribution in [1.29, 1.82) is 0 Å². The second-order valence-corrected chi connectivity index (χ2v) is 7.77. The van der Waals surface area contributed by atoms with Gasteiger partial charge in [0, 0.05) is 37.4 Å². The van der Waals surface area contributed by atoms with Crippen LogP contribution in [0.2, 0.25) is 0 Å². The molecule has 146 valence electrons. The van der Waals surface area contributed by atoms with E-state index in [-0.39, 0.29) is 0 Å². The molecule has 0 aliphatic carbocycles. The van der Waals surface area contributed by atoms with E-state index in [1.807, 2.05) is 54.8 Å². The Hall–Kier alpha value is -3.41. The molecule has 1 aromatic carbocycles. The van der Waals surface area contributed by atoms with Crippen molar-refractivity contribution in [3.63, 3.8) is 0 Å². The van der Waals surface area contributed by atoms with Gasteiger partial charge in [-0.1, -0.05) is 11.8 Å². The molecule has 0 fully saturated rings. The molecule has 0 aliphatic rings. The van der Waals surface area contributed by atoms with E-state index in [1.54, 1.807) is 13.1 Å². The highest BCUT2D eigenvalue weighted by Crippen LogP contribution is 2.30. The van der Waals surface area contributed by atoms with Crippen LogP contribution in [0.1, 0.15) is 17.5 Å². The minimum Gasteiger partial charge on any atom is -0.376 e. The van der Waals surface area contributed by atoms with Crippen LogP contribution < -0.4 is 10.2 Å². The van der Waals surface area contributed by atoms with Crippen molar-refractivity contribution < 1.29 is 5.11 Å². The van der Waals surface area contributed by atoms with Gasteiger partial charge in [0.15, 0.2) is 5.60 Å². The molecule has 4 rings (SSSR count). The molecule has 0 bridgehead atoms. The summed E-state index contributed by atoms with van der Waals surface area (Å²) in [5.74, 6) is 6.70. The van der Waals surface area contributed by atoms with Crippen LogP contribution in [0.25, 0.3) is 11.0 Å². The molecule has 0 saturated heterocycles. The third kappa shape index (κ3) is 3.92. The number of fused-ring (bicyclic) bond motifs is 1. The smallest absolute Gasteiger partial charge is 0.174 e. The van der Waals surface area contributed by atoms with Crippen LogP contribution >= 0.6 is 11.3 Å². The summed E-state index contributed by atoms with van der Waals surface area (Å²) in [6.45, 7) is 1.65. The molecule has 0 amide bonds. The molecule has 7 nitrogen and oxygen atoms in total. The fourth-order valence-corrected chi connectivity index (χ4v) is 3.57. The molecular weight excluding hydrogens is 384 g/mol. The van der Waals surface area contributed by atoms with Crippen LogP contribution in [0.5, 0.6) is 0 Å². The second kappa shape index (κ2) is 7.54. The van der Waals surface area contributed by atoms with E-state index in [2.05, 4.69) is 37.1 Å². The number of anilines is 3. The number of hydrogen-bond donors (Lipinski definition) is 3. The summed E-state index contributed by atoms with van der Waals surface area (Å²) in [4.78, 5) is 17.9. The lowest BCUT2D eigenvalue weighted by Gasteiger charge is -2.19. The third-order valence-electron chi connectivity index (χ3n) is 4.38. The Morgan fingerprint density at radius 2 is 2.07 bits per heavy atom. The van der Waals surface area contributed by atoms with Gasteiger partial charge in [-0.2, -0.15) is 0 Å². The van der Waals surface area contributed by atoms with Gasteiger partial charge in [-0.3, -0.25) is 0 Å². The van der Waals surface area contributed by atoms with Crippen molar-refractivity contribution in [1.82, 2.24) is 19.9 Å². The number of aliphatic hydroxyl groups is 1. The number of nitrogens with zero attached hydrogens (tertiary/aromatic N) is 4. The summed E-state index contributed by atoms with van der Waals surface area (Å²) >= 11 is 1.38. The fourth-order valence-electron chi connectivity index (χ4n) is 2.91. The standard InChI is InChI=1S/C21H20N6OS/c1-21(28,20-23-10-11-29-20)8-6-14-4-5-17(27(2)3)16(12-14)26-19-15-7-9-22-18(15)24-13-25-19/h4-5,7,9-13,28H,1-3H3,(H2,22,24,25,26). The minimum absolute atomic E-state index is 0.573. The minimum atomic E-state index is -1.30. The average Bonchev–Trinajstić information content (AvgIpc) is 3.39. The van der Waals surface area contributed by atoms with Crippen LogP contribution in [0.4, 0.5) is 17.2 Å². The molecule has 4 aromatic rings. The monoisotopic (exact) mass is 404 g/mol. The van der Waals surface area contributed by atoms with Gasteiger partial charge in [0.1, 0.15) is 22.8 Å². The van der Waals surface area contributed by atoms with Crippen molar-refractivity contribution in [2.24, 2.45) is 0 Å². The first-order chi connectivity index (χ1) is 13.9. The average molecular weight is 404 g/mol. The first-order valence-electron chi connectivity index (χ1n) is 8.96. The Morgan fingerprint density at radius 3 is 2.83 bits per heavy atom. The maximum absolute atomic E-state index is 10.6. The molecule has 1 unspecified atom stereocenters. The van der Waals surface area contributed by atoms with E-state index >= 15 is 0 Å². The number of aromatic amines is 1. The van der Waals surface area contributed by atoms with E-state index in [0.29, 0.717) is 10.8 Å². The molecule has 3 N–H and O–H groups in total. The van der Waals surface area contributed by atoms with Crippen molar-refractivity contribution >= 4 is 39.6 Å². The Balaban J connectivity index is 1.70. The molecular formula is C21H20N6OS. The number of nitrogens with one attached hydrogen (secondary N) is 2. The summed E-state index contributed by atoms with van der Waals surface area (Å²) in [5, 5.41) is 17.3. The molecule has 3 aromatic heterocycles. The van der Waals surface area contributed by atoms with Gasteiger partial charge in [-0.15, -0.1) is 11.3 Å². The zero-order valence-electron chi connectivity index (χ0n) is 16.3.